The van der Waals surface area contributed by atoms with Crippen LogP contribution in [0.4, 0.5) is 0 Å². The van der Waals surface area contributed by atoms with Gasteiger partial charge in [-0.3, -0.25) is 4.79 Å². The molecule has 1 fully saturated rings. The summed E-state index contributed by atoms with van der Waals surface area (Å²) in [4.78, 5) is 26.0. The fourth-order valence-electron chi connectivity index (χ4n) is 2.62. The monoisotopic (exact) mass is 286 g/mol. The summed E-state index contributed by atoms with van der Waals surface area (Å²) in [6.45, 7) is 3.42. The Balaban J connectivity index is 1.68. The third-order valence-electron chi connectivity index (χ3n) is 3.78. The normalized spacial score (nSPS) is 18.0. The van der Waals surface area contributed by atoms with Crippen LogP contribution in [0.2, 0.25) is 0 Å². The van der Waals surface area contributed by atoms with E-state index >= 15 is 0 Å². The van der Waals surface area contributed by atoms with Gasteiger partial charge < -0.3 is 14.6 Å². The minimum atomic E-state index is 0.0101. The Labute approximate surface area is 123 Å². The van der Waals surface area contributed by atoms with Crippen molar-refractivity contribution < 1.29 is 9.53 Å². The van der Waals surface area contributed by atoms with Crippen LogP contribution in [-0.2, 0) is 0 Å². The quantitative estimate of drug-likeness (QED) is 0.933. The Kier molecular flexibility index (Phi) is 3.60. The van der Waals surface area contributed by atoms with Gasteiger partial charge in [-0.1, -0.05) is 0 Å². The number of aromatic amines is 1. The van der Waals surface area contributed by atoms with Crippen LogP contribution in [0.5, 0.6) is 5.88 Å². The van der Waals surface area contributed by atoms with Gasteiger partial charge >= 0.3 is 0 Å². The summed E-state index contributed by atoms with van der Waals surface area (Å²) >= 11 is 0. The van der Waals surface area contributed by atoms with Gasteiger partial charge in [0.05, 0.1) is 12.7 Å². The fourth-order valence-corrected chi connectivity index (χ4v) is 2.62. The molecule has 0 bridgehead atoms. The van der Waals surface area contributed by atoms with Crippen molar-refractivity contribution in [1.29, 1.82) is 0 Å². The third-order valence-corrected chi connectivity index (χ3v) is 3.78. The zero-order valence-electron chi connectivity index (χ0n) is 12.2. The smallest absolute Gasteiger partial charge is 0.255 e. The Bertz CT molecular complexity index is 635. The molecular formula is C15H18N4O2. The number of amides is 1. The Morgan fingerprint density at radius 3 is 2.86 bits per heavy atom. The zero-order chi connectivity index (χ0) is 14.8. The molecule has 1 saturated heterocycles. The lowest BCUT2D eigenvalue weighted by atomic mass is 10.1. The number of aromatic nitrogens is 3. The number of methoxy groups -OCH3 is 1. The predicted octanol–water partition coefficient (Wildman–Crippen LogP) is 1.75. The van der Waals surface area contributed by atoms with Gasteiger partial charge in [0.1, 0.15) is 5.82 Å². The van der Waals surface area contributed by atoms with Gasteiger partial charge in [-0.15, -0.1) is 0 Å². The SMILES string of the molecule is COc1ccc(C(=O)N2CC[C@@H](c3ncc(C)[nH]3)C2)cn1. The van der Waals surface area contributed by atoms with Crippen molar-refractivity contribution in [1.82, 2.24) is 19.9 Å². The molecule has 0 aliphatic carbocycles. The fraction of sp³-hybridized carbons (Fsp3) is 0.400. The van der Waals surface area contributed by atoms with E-state index < -0.39 is 0 Å². The summed E-state index contributed by atoms with van der Waals surface area (Å²) in [5.41, 5.74) is 1.64. The van der Waals surface area contributed by atoms with E-state index in [2.05, 4.69) is 15.0 Å². The number of H-pyrrole nitrogens is 1. The summed E-state index contributed by atoms with van der Waals surface area (Å²) in [6, 6.07) is 3.45. The minimum absolute atomic E-state index is 0.0101. The Hall–Kier alpha value is -2.37. The molecule has 110 valence electrons. The van der Waals surface area contributed by atoms with E-state index in [1.807, 2.05) is 18.0 Å². The first-order valence-corrected chi connectivity index (χ1v) is 6.98. The van der Waals surface area contributed by atoms with E-state index in [4.69, 9.17) is 4.74 Å². The highest BCUT2D eigenvalue weighted by molar-refractivity contribution is 5.94. The number of imidazole rings is 1. The molecular weight excluding hydrogens is 268 g/mol. The third kappa shape index (κ3) is 2.74. The van der Waals surface area contributed by atoms with E-state index in [0.717, 1.165) is 24.5 Å². The molecule has 3 rings (SSSR count). The highest BCUT2D eigenvalue weighted by Crippen LogP contribution is 2.26. The molecule has 21 heavy (non-hydrogen) atoms. The first kappa shape index (κ1) is 13.6. The van der Waals surface area contributed by atoms with Gasteiger partial charge in [0.2, 0.25) is 5.88 Å². The molecule has 6 heteroatoms. The first-order chi connectivity index (χ1) is 10.2. The van der Waals surface area contributed by atoms with Crippen LogP contribution in [-0.4, -0.2) is 46.0 Å². The highest BCUT2D eigenvalue weighted by Gasteiger charge is 2.29. The van der Waals surface area contributed by atoms with Gasteiger partial charge in [0.25, 0.3) is 5.91 Å². The number of hydrogen-bond acceptors (Lipinski definition) is 4. The van der Waals surface area contributed by atoms with Crippen molar-refractivity contribution in [2.24, 2.45) is 0 Å². The second-order valence-electron chi connectivity index (χ2n) is 5.28. The number of likely N-dealkylation sites (tertiary alicyclic amines) is 1. The molecule has 1 aliphatic rings. The van der Waals surface area contributed by atoms with Crippen molar-refractivity contribution in [2.75, 3.05) is 20.2 Å². The van der Waals surface area contributed by atoms with E-state index in [9.17, 15) is 4.79 Å². The van der Waals surface area contributed by atoms with Crippen LogP contribution < -0.4 is 4.74 Å². The lowest BCUT2D eigenvalue weighted by Crippen LogP contribution is -2.28. The molecule has 1 atom stereocenters. The standard InChI is InChI=1S/C15H18N4O2/c1-10-7-17-14(18-10)12-5-6-19(9-12)15(20)11-3-4-13(21-2)16-8-11/h3-4,7-8,12H,5-6,9H2,1-2H3,(H,17,18)/t12-/m1/s1. The van der Waals surface area contributed by atoms with E-state index in [1.165, 1.54) is 0 Å². The van der Waals surface area contributed by atoms with E-state index in [-0.39, 0.29) is 11.8 Å². The van der Waals surface area contributed by atoms with Gasteiger partial charge in [-0.2, -0.15) is 0 Å². The lowest BCUT2D eigenvalue weighted by molar-refractivity contribution is 0.0790. The van der Waals surface area contributed by atoms with Crippen LogP contribution in [0.25, 0.3) is 0 Å². The summed E-state index contributed by atoms with van der Waals surface area (Å²) < 4.78 is 5.00. The molecule has 0 radical (unpaired) electrons. The first-order valence-electron chi connectivity index (χ1n) is 6.98. The molecule has 3 heterocycles. The number of carbonyl (C=O) groups excluding carboxylic acids is 1. The number of pyridine rings is 1. The largest absolute Gasteiger partial charge is 0.481 e. The van der Waals surface area contributed by atoms with Gasteiger partial charge in [-0.25, -0.2) is 9.97 Å². The molecule has 2 aromatic heterocycles. The van der Waals surface area contributed by atoms with Crippen LogP contribution in [0.3, 0.4) is 0 Å². The van der Waals surface area contributed by atoms with Crippen LogP contribution in [0.15, 0.2) is 24.5 Å². The van der Waals surface area contributed by atoms with Crippen molar-refractivity contribution in [3.8, 4) is 5.88 Å². The molecule has 1 aliphatic heterocycles. The number of ether oxygens (including phenoxy) is 1. The number of aryl methyl sites for hydroxylation is 1. The zero-order valence-corrected chi connectivity index (χ0v) is 12.2. The number of hydrogen-bond donors (Lipinski definition) is 1. The molecule has 0 unspecified atom stereocenters. The van der Waals surface area contributed by atoms with Crippen molar-refractivity contribution in [3.63, 3.8) is 0 Å². The second-order valence-corrected chi connectivity index (χ2v) is 5.28. The van der Waals surface area contributed by atoms with Crippen molar-refractivity contribution >= 4 is 5.91 Å². The van der Waals surface area contributed by atoms with Crippen LogP contribution >= 0.6 is 0 Å². The molecule has 6 nitrogen and oxygen atoms in total. The second kappa shape index (κ2) is 5.55. The number of nitrogens with zero attached hydrogens (tertiary/aromatic N) is 3. The Morgan fingerprint density at radius 2 is 2.24 bits per heavy atom. The maximum atomic E-state index is 12.4. The molecule has 1 amide bonds. The summed E-state index contributed by atoms with van der Waals surface area (Å²) in [5, 5.41) is 0. The number of nitrogens with one attached hydrogen (secondary N) is 1. The van der Waals surface area contributed by atoms with Crippen molar-refractivity contribution in [2.45, 2.75) is 19.3 Å². The average Bonchev–Trinajstić information content (AvgIpc) is 3.15. The molecule has 0 spiro atoms. The van der Waals surface area contributed by atoms with Gasteiger partial charge in [-0.05, 0) is 19.4 Å². The maximum Gasteiger partial charge on any atom is 0.255 e. The average molecular weight is 286 g/mol. The lowest BCUT2D eigenvalue weighted by Gasteiger charge is -2.16. The summed E-state index contributed by atoms with van der Waals surface area (Å²) in [6.07, 6.45) is 4.32. The van der Waals surface area contributed by atoms with E-state index in [0.29, 0.717) is 18.0 Å². The summed E-state index contributed by atoms with van der Waals surface area (Å²) in [7, 11) is 1.56. The van der Waals surface area contributed by atoms with Crippen LogP contribution in [0, 0.1) is 6.92 Å². The molecule has 0 aromatic carbocycles. The number of rotatable bonds is 3. The van der Waals surface area contributed by atoms with Gasteiger partial charge in [0, 0.05) is 43.2 Å². The molecule has 1 N–H and O–H groups in total. The van der Waals surface area contributed by atoms with E-state index in [1.54, 1.807) is 25.4 Å². The molecule has 2 aromatic rings. The Morgan fingerprint density at radius 1 is 1.38 bits per heavy atom. The van der Waals surface area contributed by atoms with Gasteiger partial charge in [0.15, 0.2) is 0 Å². The predicted molar refractivity (Wildman–Crippen MR) is 77.4 cm³/mol. The number of carbonyl (C=O) groups is 1. The van der Waals surface area contributed by atoms with Crippen molar-refractivity contribution in [3.05, 3.63) is 41.6 Å². The topological polar surface area (TPSA) is 71.1 Å². The summed E-state index contributed by atoms with van der Waals surface area (Å²) in [5.74, 6) is 1.78. The maximum absolute atomic E-state index is 12.4. The minimum Gasteiger partial charge on any atom is -0.481 e. The molecule has 0 saturated carbocycles. The van der Waals surface area contributed by atoms with Crippen LogP contribution in [0.1, 0.15) is 34.2 Å². The highest BCUT2D eigenvalue weighted by atomic mass is 16.5.